The molecule has 25 heteroatoms. The average Bonchev–Trinajstić information content (AvgIpc) is 3.21. The summed E-state index contributed by atoms with van der Waals surface area (Å²) in [5.74, 6) is -86.8. The third-order valence-electron chi connectivity index (χ3n) is 5.13. The SMILES string of the molecule is O=C(O)CC1(C(F)(F)C(F)(F)C(F)(F)C(F)(F)C(F)(F)C(F)(F)C(F)(F)C(F)(F)C(F)(F)C(F)(F)F)OCCO1. The van der Waals surface area contributed by atoms with Crippen molar-refractivity contribution >= 4 is 5.97 Å². The number of carbonyl (C=O) groups is 1. The van der Waals surface area contributed by atoms with Crippen LogP contribution in [0.5, 0.6) is 0 Å². The van der Waals surface area contributed by atoms with Crippen LogP contribution in [0.15, 0.2) is 0 Å². The molecule has 0 aromatic carbocycles. The van der Waals surface area contributed by atoms with E-state index in [9.17, 15) is 97.0 Å². The van der Waals surface area contributed by atoms with Crippen LogP contribution in [-0.2, 0) is 14.3 Å². The Labute approximate surface area is 204 Å². The molecule has 0 amide bonds. The summed E-state index contributed by atoms with van der Waals surface area (Å²) >= 11 is 0. The van der Waals surface area contributed by atoms with Gasteiger partial charge in [-0.15, -0.1) is 0 Å². The van der Waals surface area contributed by atoms with Crippen molar-refractivity contribution in [2.75, 3.05) is 13.2 Å². The molecular weight excluding hydrogens is 643 g/mol. The van der Waals surface area contributed by atoms with Crippen LogP contribution in [-0.4, -0.2) is 89.6 Å². The molecule has 0 radical (unpaired) electrons. The van der Waals surface area contributed by atoms with Crippen molar-refractivity contribution in [1.82, 2.24) is 0 Å². The molecular formula is C15H7F21O4. The minimum absolute atomic E-state index is 1.44. The number of rotatable bonds is 11. The van der Waals surface area contributed by atoms with Gasteiger partial charge in [-0.3, -0.25) is 4.79 Å². The summed E-state index contributed by atoms with van der Waals surface area (Å²) in [5, 5.41) is 8.47. The van der Waals surface area contributed by atoms with Gasteiger partial charge in [0.2, 0.25) is 0 Å². The predicted molar refractivity (Wildman–Crippen MR) is 77.5 cm³/mol. The first-order valence-electron chi connectivity index (χ1n) is 9.09. The molecule has 238 valence electrons. The molecule has 1 heterocycles. The van der Waals surface area contributed by atoms with E-state index in [1.54, 1.807) is 0 Å². The van der Waals surface area contributed by atoms with E-state index >= 15 is 0 Å². The maximum absolute atomic E-state index is 14.3. The second-order valence-corrected chi connectivity index (χ2v) is 7.69. The Kier molecular flexibility index (Phi) is 8.28. The molecule has 1 fully saturated rings. The molecule has 0 atom stereocenters. The van der Waals surface area contributed by atoms with E-state index in [4.69, 9.17) is 5.11 Å². The zero-order valence-corrected chi connectivity index (χ0v) is 17.7. The van der Waals surface area contributed by atoms with Crippen molar-refractivity contribution in [1.29, 1.82) is 0 Å². The normalized spacial score (nSPS) is 19.2. The predicted octanol–water partition coefficient (Wildman–Crippen LogP) is 6.48. The van der Waals surface area contributed by atoms with Crippen molar-refractivity contribution < 1.29 is 112 Å². The third kappa shape index (κ3) is 4.22. The third-order valence-corrected chi connectivity index (χ3v) is 5.13. The molecule has 1 saturated heterocycles. The quantitative estimate of drug-likeness (QED) is 0.260. The second-order valence-electron chi connectivity index (χ2n) is 7.69. The fraction of sp³-hybridized carbons (Fsp3) is 0.933. The number of aliphatic carboxylic acids is 1. The smallest absolute Gasteiger partial charge is 0.460 e. The van der Waals surface area contributed by atoms with Gasteiger partial charge in [0.1, 0.15) is 6.42 Å². The van der Waals surface area contributed by atoms with E-state index in [0.29, 0.717) is 0 Å². The van der Waals surface area contributed by atoms with Crippen molar-refractivity contribution in [2.24, 2.45) is 0 Å². The van der Waals surface area contributed by atoms with Crippen LogP contribution in [0, 0.1) is 0 Å². The Bertz CT molecular complexity index is 962. The van der Waals surface area contributed by atoms with Gasteiger partial charge in [-0.05, 0) is 0 Å². The van der Waals surface area contributed by atoms with E-state index in [2.05, 4.69) is 9.47 Å². The van der Waals surface area contributed by atoms with Gasteiger partial charge in [-0.25, -0.2) is 0 Å². The van der Waals surface area contributed by atoms with Crippen molar-refractivity contribution in [2.45, 2.75) is 71.7 Å². The summed E-state index contributed by atoms with van der Waals surface area (Å²) < 4.78 is 289. The summed E-state index contributed by atoms with van der Waals surface area (Å²) in [5.41, 5.74) is 0. The molecule has 0 unspecified atom stereocenters. The Hall–Kier alpha value is -2.08. The molecule has 1 rings (SSSR count). The topological polar surface area (TPSA) is 55.8 Å². The highest BCUT2D eigenvalue weighted by atomic mass is 19.4. The summed E-state index contributed by atoms with van der Waals surface area (Å²) in [6, 6.07) is 0. The largest absolute Gasteiger partial charge is 0.481 e. The lowest BCUT2D eigenvalue weighted by Gasteiger charge is -2.46. The number of halogens is 21. The minimum Gasteiger partial charge on any atom is -0.481 e. The molecule has 0 aromatic heterocycles. The Morgan fingerprint density at radius 2 is 0.750 bits per heavy atom. The summed E-state index contributed by atoms with van der Waals surface area (Å²) in [4.78, 5) is 10.6. The number of ether oxygens (including phenoxy) is 2. The van der Waals surface area contributed by atoms with Gasteiger partial charge in [0.15, 0.2) is 0 Å². The van der Waals surface area contributed by atoms with Gasteiger partial charge in [-0.1, -0.05) is 0 Å². The number of alkyl halides is 21. The molecule has 1 N–H and O–H groups in total. The van der Waals surface area contributed by atoms with Gasteiger partial charge in [-0.2, -0.15) is 92.2 Å². The van der Waals surface area contributed by atoms with Gasteiger partial charge in [0.25, 0.3) is 5.79 Å². The van der Waals surface area contributed by atoms with Crippen LogP contribution in [0.25, 0.3) is 0 Å². The maximum atomic E-state index is 14.3. The highest BCUT2D eigenvalue weighted by Crippen LogP contribution is 2.67. The van der Waals surface area contributed by atoms with E-state index in [-0.39, 0.29) is 0 Å². The number of carboxylic acid groups (broad SMARTS) is 1. The first kappa shape index (κ1) is 35.9. The van der Waals surface area contributed by atoms with Crippen LogP contribution < -0.4 is 0 Å². The molecule has 0 aromatic rings. The van der Waals surface area contributed by atoms with Crippen molar-refractivity contribution in [3.8, 4) is 0 Å². The number of hydrogen-bond acceptors (Lipinski definition) is 3. The minimum atomic E-state index is -9.30. The monoisotopic (exact) mass is 650 g/mol. The Morgan fingerprint density at radius 1 is 0.500 bits per heavy atom. The van der Waals surface area contributed by atoms with Crippen LogP contribution in [0.4, 0.5) is 92.2 Å². The zero-order chi connectivity index (χ0) is 32.6. The van der Waals surface area contributed by atoms with E-state index in [0.717, 1.165) is 0 Å². The standard InChI is InChI=1S/C15H7F21O4/c16-6(17,5(3-4(37)38)39-1-2-40-5)7(18,19)8(20,21)9(22,23)10(24,25)11(26,27)12(28,29)13(30,31)14(32,33)15(34,35)36/h1-3H2,(H,37,38). The fourth-order valence-corrected chi connectivity index (χ4v) is 2.85. The summed E-state index contributed by atoms with van der Waals surface area (Å²) in [6.07, 6.45) is -10.8. The van der Waals surface area contributed by atoms with Crippen molar-refractivity contribution in [3.63, 3.8) is 0 Å². The maximum Gasteiger partial charge on any atom is 0.460 e. The second kappa shape index (κ2) is 9.21. The zero-order valence-electron chi connectivity index (χ0n) is 17.7. The van der Waals surface area contributed by atoms with Gasteiger partial charge in [0.05, 0.1) is 13.2 Å². The van der Waals surface area contributed by atoms with Gasteiger partial charge < -0.3 is 14.6 Å². The fourth-order valence-electron chi connectivity index (χ4n) is 2.85. The van der Waals surface area contributed by atoms with Crippen LogP contribution in [0.1, 0.15) is 6.42 Å². The summed E-state index contributed by atoms with van der Waals surface area (Å²) in [6.45, 7) is -2.88. The molecule has 4 nitrogen and oxygen atoms in total. The van der Waals surface area contributed by atoms with E-state index < -0.39 is 90.9 Å². The average molecular weight is 650 g/mol. The molecule has 0 bridgehead atoms. The number of hydrogen-bond donors (Lipinski definition) is 1. The van der Waals surface area contributed by atoms with Crippen LogP contribution in [0.2, 0.25) is 0 Å². The molecule has 0 spiro atoms. The highest BCUT2D eigenvalue weighted by molar-refractivity contribution is 5.68. The Balaban J connectivity index is 3.85. The van der Waals surface area contributed by atoms with Gasteiger partial charge in [0, 0.05) is 0 Å². The highest BCUT2D eigenvalue weighted by Gasteiger charge is 2.98. The first-order valence-corrected chi connectivity index (χ1v) is 9.09. The number of carboxylic acids is 1. The lowest BCUT2D eigenvalue weighted by molar-refractivity contribution is -0.481. The van der Waals surface area contributed by atoms with Crippen molar-refractivity contribution in [3.05, 3.63) is 0 Å². The van der Waals surface area contributed by atoms with Gasteiger partial charge >= 0.3 is 65.4 Å². The molecule has 40 heavy (non-hydrogen) atoms. The van der Waals surface area contributed by atoms with E-state index in [1.165, 1.54) is 0 Å². The molecule has 1 aliphatic heterocycles. The first-order chi connectivity index (χ1) is 17.1. The molecule has 1 aliphatic rings. The lowest BCUT2D eigenvalue weighted by atomic mass is 9.84. The van der Waals surface area contributed by atoms with Crippen LogP contribution >= 0.6 is 0 Å². The molecule has 0 aliphatic carbocycles. The van der Waals surface area contributed by atoms with Crippen LogP contribution in [0.3, 0.4) is 0 Å². The lowest BCUT2D eigenvalue weighted by Crippen LogP contribution is -2.78. The Morgan fingerprint density at radius 3 is 1.00 bits per heavy atom. The summed E-state index contributed by atoms with van der Waals surface area (Å²) in [7, 11) is 0. The molecule has 0 saturated carbocycles. The van der Waals surface area contributed by atoms with E-state index in [1.807, 2.05) is 0 Å².